The fraction of sp³-hybridized carbons (Fsp3) is 0.419. The minimum absolute atomic E-state index is 0.269. The van der Waals surface area contributed by atoms with E-state index < -0.39 is 0 Å². The first-order chi connectivity index (χ1) is 16.3. The van der Waals surface area contributed by atoms with E-state index in [1.54, 1.807) is 7.11 Å². The Hall–Kier alpha value is -2.58. The highest BCUT2D eigenvalue weighted by molar-refractivity contribution is 5.47. The Labute approximate surface area is 200 Å². The van der Waals surface area contributed by atoms with E-state index in [2.05, 4.69) is 91.1 Å². The molecule has 33 heavy (non-hydrogen) atoms. The van der Waals surface area contributed by atoms with Gasteiger partial charge >= 0.3 is 0 Å². The van der Waals surface area contributed by atoms with Crippen LogP contribution >= 0.6 is 0 Å². The molecular formula is C31H39NO. The first kappa shape index (κ1) is 23.6. The van der Waals surface area contributed by atoms with Gasteiger partial charge in [-0.3, -0.25) is 0 Å². The van der Waals surface area contributed by atoms with Crippen molar-refractivity contribution in [2.24, 2.45) is 0 Å². The molecule has 0 aliphatic heterocycles. The number of ether oxygens (including phenoxy) is 1. The maximum atomic E-state index is 5.83. The highest BCUT2D eigenvalue weighted by Gasteiger charge is 2.34. The van der Waals surface area contributed by atoms with Crippen LogP contribution in [-0.4, -0.2) is 13.7 Å². The van der Waals surface area contributed by atoms with Gasteiger partial charge in [0.25, 0.3) is 0 Å². The Balaban J connectivity index is 1.60. The van der Waals surface area contributed by atoms with Gasteiger partial charge in [0.2, 0.25) is 0 Å². The Morgan fingerprint density at radius 2 is 1.55 bits per heavy atom. The minimum Gasteiger partial charge on any atom is -0.496 e. The molecule has 0 radical (unpaired) electrons. The molecule has 2 nitrogen and oxygen atoms in total. The van der Waals surface area contributed by atoms with Crippen molar-refractivity contribution in [3.63, 3.8) is 0 Å². The van der Waals surface area contributed by atoms with Gasteiger partial charge in [0, 0.05) is 5.56 Å². The third kappa shape index (κ3) is 5.50. The van der Waals surface area contributed by atoms with Crippen LogP contribution in [-0.2, 0) is 12.0 Å². The van der Waals surface area contributed by atoms with Crippen LogP contribution in [0.5, 0.6) is 5.75 Å². The number of hydrogen-bond acceptors (Lipinski definition) is 2. The van der Waals surface area contributed by atoms with E-state index in [1.165, 1.54) is 54.4 Å². The summed E-state index contributed by atoms with van der Waals surface area (Å²) in [6.07, 6.45) is 9.95. The van der Waals surface area contributed by atoms with Crippen LogP contribution in [0.2, 0.25) is 0 Å². The standard InChI is InChI=1S/C31H39NO/c1-3-31(29-18-10-11-19-30(29)33-2,32-24-12-15-25-13-6-4-7-14-25)28-22-20-27(21-23-28)26-16-8-5-9-17-26/h4,6-7,10-11,13-14,18-23,26,32H,3,5,8-9,12,15-17,24H2,1-2H3. The number of para-hydroxylation sites is 1. The molecule has 1 N–H and O–H groups in total. The van der Waals surface area contributed by atoms with E-state index in [-0.39, 0.29) is 5.54 Å². The molecule has 0 heterocycles. The molecule has 0 spiro atoms. The highest BCUT2D eigenvalue weighted by atomic mass is 16.5. The maximum absolute atomic E-state index is 5.83. The number of nitrogens with one attached hydrogen (secondary N) is 1. The van der Waals surface area contributed by atoms with Gasteiger partial charge in [-0.1, -0.05) is 99.0 Å². The van der Waals surface area contributed by atoms with E-state index in [1.807, 2.05) is 0 Å². The zero-order chi connectivity index (χ0) is 22.9. The summed E-state index contributed by atoms with van der Waals surface area (Å²) in [5.74, 6) is 1.68. The minimum atomic E-state index is -0.269. The van der Waals surface area contributed by atoms with E-state index in [9.17, 15) is 0 Å². The zero-order valence-corrected chi connectivity index (χ0v) is 20.4. The highest BCUT2D eigenvalue weighted by Crippen LogP contribution is 2.40. The van der Waals surface area contributed by atoms with Crippen molar-refractivity contribution in [3.05, 3.63) is 101 Å². The van der Waals surface area contributed by atoms with Crippen molar-refractivity contribution in [2.45, 2.75) is 69.7 Å². The summed E-state index contributed by atoms with van der Waals surface area (Å²) in [6, 6.07) is 28.8. The summed E-state index contributed by atoms with van der Waals surface area (Å²) >= 11 is 0. The summed E-state index contributed by atoms with van der Waals surface area (Å²) in [4.78, 5) is 0. The predicted octanol–water partition coefficient (Wildman–Crippen LogP) is 7.62. The molecular weight excluding hydrogens is 402 g/mol. The van der Waals surface area contributed by atoms with Crippen LogP contribution in [0.4, 0.5) is 0 Å². The SMILES string of the molecule is CCC(NCCCc1ccccc1)(c1ccc(C2CCCCC2)cc1)c1ccccc1OC. The average Bonchev–Trinajstić information content (AvgIpc) is 2.90. The van der Waals surface area contributed by atoms with Gasteiger partial charge in [0.15, 0.2) is 0 Å². The topological polar surface area (TPSA) is 21.3 Å². The quantitative estimate of drug-likeness (QED) is 0.327. The lowest BCUT2D eigenvalue weighted by molar-refractivity contribution is 0.350. The molecule has 4 rings (SSSR count). The van der Waals surface area contributed by atoms with E-state index in [0.29, 0.717) is 0 Å². The molecule has 1 unspecified atom stereocenters. The third-order valence-corrected chi connectivity index (χ3v) is 7.49. The van der Waals surface area contributed by atoms with Gasteiger partial charge in [-0.05, 0) is 67.3 Å². The molecule has 1 aliphatic carbocycles. The summed E-state index contributed by atoms with van der Waals surface area (Å²) in [6.45, 7) is 3.23. The number of benzene rings is 3. The smallest absolute Gasteiger partial charge is 0.124 e. The van der Waals surface area contributed by atoms with Crippen molar-refractivity contribution in [2.75, 3.05) is 13.7 Å². The Kier molecular flexibility index (Phi) is 8.23. The van der Waals surface area contributed by atoms with Crippen LogP contribution in [0, 0.1) is 0 Å². The first-order valence-corrected chi connectivity index (χ1v) is 12.8. The number of methoxy groups -OCH3 is 1. The van der Waals surface area contributed by atoms with Crippen molar-refractivity contribution in [1.82, 2.24) is 5.32 Å². The summed E-state index contributed by atoms with van der Waals surface area (Å²) in [5.41, 5.74) is 5.19. The lowest BCUT2D eigenvalue weighted by Gasteiger charge is -2.37. The molecule has 1 fully saturated rings. The molecule has 0 saturated heterocycles. The Morgan fingerprint density at radius 3 is 2.24 bits per heavy atom. The van der Waals surface area contributed by atoms with Crippen LogP contribution in [0.25, 0.3) is 0 Å². The van der Waals surface area contributed by atoms with Gasteiger partial charge in [-0.2, -0.15) is 0 Å². The second kappa shape index (κ2) is 11.5. The first-order valence-electron chi connectivity index (χ1n) is 12.8. The molecule has 3 aromatic rings. The van der Waals surface area contributed by atoms with Crippen LogP contribution in [0.3, 0.4) is 0 Å². The molecule has 1 aliphatic rings. The molecule has 1 saturated carbocycles. The van der Waals surface area contributed by atoms with Gasteiger partial charge < -0.3 is 10.1 Å². The van der Waals surface area contributed by atoms with Crippen molar-refractivity contribution in [3.8, 4) is 5.75 Å². The van der Waals surface area contributed by atoms with Crippen molar-refractivity contribution < 1.29 is 4.74 Å². The van der Waals surface area contributed by atoms with Crippen molar-refractivity contribution >= 4 is 0 Å². The monoisotopic (exact) mass is 441 g/mol. The number of rotatable bonds is 10. The van der Waals surface area contributed by atoms with E-state index >= 15 is 0 Å². The fourth-order valence-electron chi connectivity index (χ4n) is 5.58. The molecule has 174 valence electrons. The maximum Gasteiger partial charge on any atom is 0.124 e. The lowest BCUT2D eigenvalue weighted by Crippen LogP contribution is -2.44. The molecule has 0 bridgehead atoms. The Morgan fingerprint density at radius 1 is 0.848 bits per heavy atom. The summed E-state index contributed by atoms with van der Waals surface area (Å²) in [7, 11) is 1.78. The summed E-state index contributed by atoms with van der Waals surface area (Å²) in [5, 5.41) is 3.98. The normalized spacial score (nSPS) is 16.3. The van der Waals surface area contributed by atoms with Crippen molar-refractivity contribution in [1.29, 1.82) is 0 Å². The van der Waals surface area contributed by atoms with E-state index in [0.717, 1.165) is 37.5 Å². The number of aryl methyl sites for hydroxylation is 1. The number of hydrogen-bond donors (Lipinski definition) is 1. The average molecular weight is 442 g/mol. The predicted molar refractivity (Wildman–Crippen MR) is 139 cm³/mol. The fourth-order valence-corrected chi connectivity index (χ4v) is 5.58. The summed E-state index contributed by atoms with van der Waals surface area (Å²) < 4.78 is 5.83. The molecule has 1 atom stereocenters. The van der Waals surface area contributed by atoms with Crippen LogP contribution in [0.15, 0.2) is 78.9 Å². The molecule has 0 amide bonds. The second-order valence-electron chi connectivity index (χ2n) is 9.43. The molecule has 0 aromatic heterocycles. The Bertz CT molecular complexity index is 975. The zero-order valence-electron chi connectivity index (χ0n) is 20.4. The third-order valence-electron chi connectivity index (χ3n) is 7.49. The van der Waals surface area contributed by atoms with Gasteiger partial charge in [-0.15, -0.1) is 0 Å². The van der Waals surface area contributed by atoms with E-state index in [4.69, 9.17) is 4.74 Å². The van der Waals surface area contributed by atoms with Crippen LogP contribution in [0.1, 0.15) is 80.0 Å². The van der Waals surface area contributed by atoms with Crippen LogP contribution < -0.4 is 10.1 Å². The largest absolute Gasteiger partial charge is 0.496 e. The van der Waals surface area contributed by atoms with Gasteiger partial charge in [0.05, 0.1) is 12.6 Å². The molecule has 3 aromatic carbocycles. The lowest BCUT2D eigenvalue weighted by atomic mass is 9.78. The second-order valence-corrected chi connectivity index (χ2v) is 9.43. The van der Waals surface area contributed by atoms with Gasteiger partial charge in [0.1, 0.15) is 5.75 Å². The molecule has 2 heteroatoms. The van der Waals surface area contributed by atoms with Gasteiger partial charge in [-0.25, -0.2) is 0 Å².